The van der Waals surface area contributed by atoms with Gasteiger partial charge in [-0.1, -0.05) is 20.8 Å². The number of esters is 1. The minimum absolute atomic E-state index is 0.0501. The number of carbonyl (C=O) groups excluding carboxylic acids is 2. The SMILES string of the molecule is COC(=O)CN(C)C(=O)C1CCC(C(C)(C)C)CC1. The average molecular weight is 269 g/mol. The molecule has 0 radical (unpaired) electrons. The quantitative estimate of drug-likeness (QED) is 0.739. The van der Waals surface area contributed by atoms with Gasteiger partial charge in [0.05, 0.1) is 7.11 Å². The molecule has 1 amide bonds. The number of carbonyl (C=O) groups is 2. The molecule has 19 heavy (non-hydrogen) atoms. The first-order valence-corrected chi connectivity index (χ1v) is 7.07. The van der Waals surface area contributed by atoms with Gasteiger partial charge < -0.3 is 9.64 Å². The summed E-state index contributed by atoms with van der Waals surface area (Å²) in [4.78, 5) is 24.9. The van der Waals surface area contributed by atoms with Crippen molar-refractivity contribution in [3.63, 3.8) is 0 Å². The molecule has 110 valence electrons. The Morgan fingerprint density at radius 2 is 1.68 bits per heavy atom. The number of ether oxygens (including phenoxy) is 1. The van der Waals surface area contributed by atoms with Crippen LogP contribution >= 0.6 is 0 Å². The number of rotatable bonds is 3. The van der Waals surface area contributed by atoms with Crippen LogP contribution in [0.1, 0.15) is 46.5 Å². The van der Waals surface area contributed by atoms with Gasteiger partial charge in [-0.2, -0.15) is 0 Å². The lowest BCUT2D eigenvalue weighted by Crippen LogP contribution is -2.39. The van der Waals surface area contributed by atoms with E-state index in [0.29, 0.717) is 11.3 Å². The zero-order valence-corrected chi connectivity index (χ0v) is 12.9. The van der Waals surface area contributed by atoms with E-state index in [1.807, 2.05) is 0 Å². The number of hydrogen-bond acceptors (Lipinski definition) is 3. The van der Waals surface area contributed by atoms with E-state index in [-0.39, 0.29) is 24.3 Å². The molecular weight excluding hydrogens is 242 g/mol. The number of hydrogen-bond donors (Lipinski definition) is 0. The molecule has 0 atom stereocenters. The Kier molecular flexibility index (Phi) is 5.39. The second kappa shape index (κ2) is 6.40. The minimum atomic E-state index is -0.362. The Morgan fingerprint density at radius 3 is 2.11 bits per heavy atom. The van der Waals surface area contributed by atoms with Crippen molar-refractivity contribution >= 4 is 11.9 Å². The highest BCUT2D eigenvalue weighted by molar-refractivity contribution is 5.83. The molecule has 1 fully saturated rings. The maximum Gasteiger partial charge on any atom is 0.325 e. The molecule has 0 unspecified atom stereocenters. The van der Waals surface area contributed by atoms with Crippen molar-refractivity contribution in [3.8, 4) is 0 Å². The zero-order valence-electron chi connectivity index (χ0n) is 12.9. The molecule has 0 N–H and O–H groups in total. The van der Waals surface area contributed by atoms with Gasteiger partial charge in [0.15, 0.2) is 0 Å². The van der Waals surface area contributed by atoms with Gasteiger partial charge in [-0.3, -0.25) is 9.59 Å². The fraction of sp³-hybridized carbons (Fsp3) is 0.867. The molecule has 0 spiro atoms. The third-order valence-corrected chi connectivity index (χ3v) is 4.27. The van der Waals surface area contributed by atoms with Gasteiger partial charge in [-0.25, -0.2) is 0 Å². The molecule has 1 rings (SSSR count). The average Bonchev–Trinajstić information content (AvgIpc) is 2.36. The van der Waals surface area contributed by atoms with Crippen LogP contribution in [-0.2, 0) is 14.3 Å². The minimum Gasteiger partial charge on any atom is -0.468 e. The van der Waals surface area contributed by atoms with E-state index < -0.39 is 0 Å². The molecular formula is C15H27NO3. The monoisotopic (exact) mass is 269 g/mol. The highest BCUT2D eigenvalue weighted by Gasteiger charge is 2.33. The zero-order chi connectivity index (χ0) is 14.6. The summed E-state index contributed by atoms with van der Waals surface area (Å²) in [6.45, 7) is 6.85. The van der Waals surface area contributed by atoms with E-state index in [0.717, 1.165) is 25.7 Å². The molecule has 0 aromatic heterocycles. The fourth-order valence-corrected chi connectivity index (χ4v) is 2.85. The van der Waals surface area contributed by atoms with Crippen molar-refractivity contribution < 1.29 is 14.3 Å². The molecule has 0 saturated heterocycles. The van der Waals surface area contributed by atoms with Gasteiger partial charge in [0, 0.05) is 13.0 Å². The number of nitrogens with zero attached hydrogens (tertiary/aromatic N) is 1. The van der Waals surface area contributed by atoms with Crippen LogP contribution in [-0.4, -0.2) is 37.5 Å². The van der Waals surface area contributed by atoms with Crippen LogP contribution in [0.15, 0.2) is 0 Å². The van der Waals surface area contributed by atoms with Crippen LogP contribution in [0.3, 0.4) is 0 Å². The lowest BCUT2D eigenvalue weighted by atomic mass is 9.69. The molecule has 0 bridgehead atoms. The van der Waals surface area contributed by atoms with Crippen molar-refractivity contribution in [2.45, 2.75) is 46.5 Å². The van der Waals surface area contributed by atoms with Crippen molar-refractivity contribution in [2.24, 2.45) is 17.3 Å². The first-order valence-electron chi connectivity index (χ1n) is 7.07. The molecule has 4 heteroatoms. The van der Waals surface area contributed by atoms with Crippen LogP contribution in [0.5, 0.6) is 0 Å². The summed E-state index contributed by atoms with van der Waals surface area (Å²) in [6, 6.07) is 0. The van der Waals surface area contributed by atoms with Gasteiger partial charge >= 0.3 is 5.97 Å². The summed E-state index contributed by atoms with van der Waals surface area (Å²) < 4.78 is 4.59. The summed E-state index contributed by atoms with van der Waals surface area (Å²) in [5, 5.41) is 0. The van der Waals surface area contributed by atoms with Gasteiger partial charge in [-0.05, 0) is 37.0 Å². The second-order valence-electron chi connectivity index (χ2n) is 6.69. The standard InChI is InChI=1S/C15H27NO3/c1-15(2,3)12-8-6-11(7-9-12)14(18)16(4)10-13(17)19-5/h11-12H,6-10H2,1-5H3. The van der Waals surface area contributed by atoms with E-state index in [1.54, 1.807) is 7.05 Å². The summed E-state index contributed by atoms with van der Waals surface area (Å²) >= 11 is 0. The van der Waals surface area contributed by atoms with Crippen molar-refractivity contribution in [1.29, 1.82) is 0 Å². The Balaban J connectivity index is 2.47. The van der Waals surface area contributed by atoms with Gasteiger partial charge in [-0.15, -0.1) is 0 Å². The Labute approximate surface area is 116 Å². The Hall–Kier alpha value is -1.06. The molecule has 0 heterocycles. The number of amides is 1. The lowest BCUT2D eigenvalue weighted by molar-refractivity contribution is -0.148. The third-order valence-electron chi connectivity index (χ3n) is 4.27. The number of methoxy groups -OCH3 is 1. The summed E-state index contributed by atoms with van der Waals surface area (Å²) in [6.07, 6.45) is 4.08. The third kappa shape index (κ3) is 4.51. The summed E-state index contributed by atoms with van der Waals surface area (Å²) in [5.74, 6) is 0.493. The summed E-state index contributed by atoms with van der Waals surface area (Å²) in [7, 11) is 3.02. The van der Waals surface area contributed by atoms with Crippen molar-refractivity contribution in [3.05, 3.63) is 0 Å². The molecule has 0 aromatic rings. The van der Waals surface area contributed by atoms with Crippen LogP contribution in [0.25, 0.3) is 0 Å². The Bertz CT molecular complexity index is 325. The predicted octanol–water partition coefficient (Wildman–Crippen LogP) is 2.47. The van der Waals surface area contributed by atoms with Gasteiger partial charge in [0.1, 0.15) is 6.54 Å². The number of likely N-dealkylation sites (N-methyl/N-ethyl adjacent to an activating group) is 1. The van der Waals surface area contributed by atoms with E-state index in [4.69, 9.17) is 0 Å². The van der Waals surface area contributed by atoms with E-state index in [9.17, 15) is 9.59 Å². The van der Waals surface area contributed by atoms with Gasteiger partial charge in [0.2, 0.25) is 5.91 Å². The van der Waals surface area contributed by atoms with Crippen molar-refractivity contribution in [2.75, 3.05) is 20.7 Å². The van der Waals surface area contributed by atoms with E-state index >= 15 is 0 Å². The smallest absolute Gasteiger partial charge is 0.325 e. The molecule has 1 saturated carbocycles. The first kappa shape index (κ1) is 16.0. The largest absolute Gasteiger partial charge is 0.468 e. The molecule has 0 aliphatic heterocycles. The second-order valence-corrected chi connectivity index (χ2v) is 6.69. The molecule has 1 aliphatic rings. The van der Waals surface area contributed by atoms with Crippen LogP contribution in [0.2, 0.25) is 0 Å². The lowest BCUT2D eigenvalue weighted by Gasteiger charge is -2.37. The van der Waals surface area contributed by atoms with Crippen molar-refractivity contribution in [1.82, 2.24) is 4.90 Å². The predicted molar refractivity (Wildman–Crippen MR) is 74.6 cm³/mol. The van der Waals surface area contributed by atoms with E-state index in [2.05, 4.69) is 25.5 Å². The maximum atomic E-state index is 12.2. The summed E-state index contributed by atoms with van der Waals surface area (Å²) in [5.41, 5.74) is 0.325. The maximum absolute atomic E-state index is 12.2. The molecule has 1 aliphatic carbocycles. The van der Waals surface area contributed by atoms with Gasteiger partial charge in [0.25, 0.3) is 0 Å². The first-order chi connectivity index (χ1) is 8.75. The van der Waals surface area contributed by atoms with Crippen LogP contribution in [0.4, 0.5) is 0 Å². The van der Waals surface area contributed by atoms with Crippen LogP contribution in [0, 0.1) is 17.3 Å². The highest BCUT2D eigenvalue weighted by Crippen LogP contribution is 2.40. The topological polar surface area (TPSA) is 46.6 Å². The van der Waals surface area contributed by atoms with E-state index in [1.165, 1.54) is 12.0 Å². The Morgan fingerprint density at radius 1 is 1.16 bits per heavy atom. The molecule has 4 nitrogen and oxygen atoms in total. The fourth-order valence-electron chi connectivity index (χ4n) is 2.85. The van der Waals surface area contributed by atoms with Crippen LogP contribution < -0.4 is 0 Å². The molecule has 0 aromatic carbocycles. The highest BCUT2D eigenvalue weighted by atomic mass is 16.5. The normalized spacial score (nSPS) is 23.8.